The van der Waals surface area contributed by atoms with Gasteiger partial charge in [-0.2, -0.15) is 5.26 Å². The van der Waals surface area contributed by atoms with Crippen LogP contribution in [-0.4, -0.2) is 38.2 Å². The predicted molar refractivity (Wildman–Crippen MR) is 360 cm³/mol. The van der Waals surface area contributed by atoms with Crippen molar-refractivity contribution in [1.29, 1.82) is 5.26 Å². The van der Waals surface area contributed by atoms with Gasteiger partial charge in [0, 0.05) is 98.2 Å². The minimum atomic E-state index is -0.659. The molecule has 17 aromatic rings. The highest BCUT2D eigenvalue weighted by molar-refractivity contribution is 6.17. The molecule has 9 heteroatoms. The van der Waals surface area contributed by atoms with Crippen LogP contribution in [0.15, 0.2) is 268 Å². The standard InChI is InChI=1S/C79H53N9/c1-79(2,3)74-77(87-70-24-20-53(49-28-36-81-37-29-49)44-61(70)62-45-54(21-25-71(62)87)50-30-38-82-39-31-50)75(85-66-16-8-4-12-57(66)58-13-5-9-17-67(58)85)65(48-80)76(86-68-18-10-6-14-59(68)60-15-7-11-19-69(60)86)78(74)88-72-26-22-55(51-32-40-83-41-33-51)46-63(72)64-47-56(23-27-73(64)88)52-34-42-84-43-35-52/h4-47H,1-3H3. The van der Waals surface area contributed by atoms with Crippen LogP contribution in [0.4, 0.5) is 0 Å². The van der Waals surface area contributed by atoms with Crippen molar-refractivity contribution in [3.8, 4) is 73.3 Å². The van der Waals surface area contributed by atoms with Crippen LogP contribution >= 0.6 is 0 Å². The highest BCUT2D eigenvalue weighted by Crippen LogP contribution is 2.52. The zero-order valence-corrected chi connectivity index (χ0v) is 48.4. The lowest BCUT2D eigenvalue weighted by atomic mass is 9.81. The van der Waals surface area contributed by atoms with Gasteiger partial charge in [0.2, 0.25) is 0 Å². The molecular weight excluding hydrogens is 1070 g/mol. The van der Waals surface area contributed by atoms with E-state index in [2.05, 4.69) is 283 Å². The van der Waals surface area contributed by atoms with E-state index in [1.54, 1.807) is 0 Å². The quantitative estimate of drug-likeness (QED) is 0.151. The van der Waals surface area contributed by atoms with E-state index in [1.165, 1.54) is 0 Å². The number of para-hydroxylation sites is 4. The molecule has 0 fully saturated rings. The van der Waals surface area contributed by atoms with Crippen LogP contribution in [0.25, 0.3) is 154 Å². The van der Waals surface area contributed by atoms with Crippen molar-refractivity contribution < 1.29 is 0 Å². The lowest BCUT2D eigenvalue weighted by Gasteiger charge is -2.34. The topological polar surface area (TPSA) is 95.1 Å². The fourth-order valence-electron chi connectivity index (χ4n) is 14.1. The molecule has 0 unspecified atom stereocenters. The van der Waals surface area contributed by atoms with Gasteiger partial charge in [0.05, 0.1) is 66.9 Å². The van der Waals surface area contributed by atoms with E-state index < -0.39 is 5.41 Å². The Bertz CT molecular complexity index is 5080. The third-order valence-electron chi connectivity index (χ3n) is 17.9. The van der Waals surface area contributed by atoms with Crippen molar-refractivity contribution in [2.75, 3.05) is 0 Å². The van der Waals surface area contributed by atoms with Gasteiger partial charge in [-0.1, -0.05) is 118 Å². The molecule has 0 aliphatic carbocycles. The van der Waals surface area contributed by atoms with Crippen LogP contribution in [0.3, 0.4) is 0 Å². The van der Waals surface area contributed by atoms with Gasteiger partial charge in [0.15, 0.2) is 0 Å². The minimum Gasteiger partial charge on any atom is -0.307 e. The number of hydrogen-bond acceptors (Lipinski definition) is 5. The van der Waals surface area contributed by atoms with Gasteiger partial charge in [-0.05, 0) is 171 Å². The zero-order valence-electron chi connectivity index (χ0n) is 48.4. The maximum absolute atomic E-state index is 13.1. The number of aromatic nitrogens is 8. The molecule has 414 valence electrons. The van der Waals surface area contributed by atoms with Crippen molar-refractivity contribution in [1.82, 2.24) is 38.2 Å². The molecule has 8 heterocycles. The van der Waals surface area contributed by atoms with E-state index in [0.29, 0.717) is 5.56 Å². The molecule has 0 aliphatic rings. The van der Waals surface area contributed by atoms with Crippen molar-refractivity contribution in [3.63, 3.8) is 0 Å². The number of nitrogens with zero attached hydrogens (tertiary/aromatic N) is 9. The molecule has 0 aliphatic heterocycles. The third-order valence-corrected chi connectivity index (χ3v) is 17.9. The molecule has 0 bridgehead atoms. The largest absolute Gasteiger partial charge is 0.307 e. The average molecular weight is 1130 g/mol. The number of rotatable bonds is 8. The molecule has 9 nitrogen and oxygen atoms in total. The monoisotopic (exact) mass is 1130 g/mol. The predicted octanol–water partition coefficient (Wildman–Crippen LogP) is 19.5. The van der Waals surface area contributed by atoms with Crippen LogP contribution in [-0.2, 0) is 5.41 Å². The van der Waals surface area contributed by atoms with Gasteiger partial charge >= 0.3 is 0 Å². The first-order valence-corrected chi connectivity index (χ1v) is 29.7. The van der Waals surface area contributed by atoms with Crippen LogP contribution in [0.5, 0.6) is 0 Å². The second-order valence-corrected chi connectivity index (χ2v) is 23.8. The van der Waals surface area contributed by atoms with Crippen molar-refractivity contribution in [3.05, 3.63) is 279 Å². The van der Waals surface area contributed by atoms with Crippen molar-refractivity contribution in [2.45, 2.75) is 26.2 Å². The van der Waals surface area contributed by atoms with Crippen LogP contribution < -0.4 is 0 Å². The van der Waals surface area contributed by atoms with E-state index in [0.717, 1.165) is 160 Å². The van der Waals surface area contributed by atoms with Gasteiger partial charge < -0.3 is 18.3 Å². The molecule has 0 radical (unpaired) electrons. The SMILES string of the molecule is CC(C)(C)c1c(-n2c3ccc(-c4ccncc4)cc3c3cc(-c4ccncc4)ccc32)c(-n2c3ccccc3c3ccccc32)c(C#N)c(-n2c3ccccc3c3ccccc32)c1-n1c2ccc(-c3ccncc3)cc2c2cc(-c3ccncc3)ccc21. The summed E-state index contributed by atoms with van der Waals surface area (Å²) < 4.78 is 9.79. The van der Waals surface area contributed by atoms with Gasteiger partial charge in [-0.3, -0.25) is 19.9 Å². The number of hydrogen-bond donors (Lipinski definition) is 0. The Morgan fingerprint density at radius 2 is 0.511 bits per heavy atom. The van der Waals surface area contributed by atoms with E-state index >= 15 is 0 Å². The molecule has 17 rings (SSSR count). The van der Waals surface area contributed by atoms with E-state index in [-0.39, 0.29) is 0 Å². The summed E-state index contributed by atoms with van der Waals surface area (Å²) in [7, 11) is 0. The zero-order chi connectivity index (χ0) is 58.8. The van der Waals surface area contributed by atoms with Gasteiger partial charge in [-0.15, -0.1) is 0 Å². The van der Waals surface area contributed by atoms with Crippen molar-refractivity contribution in [2.24, 2.45) is 0 Å². The molecule has 0 saturated heterocycles. The first-order valence-electron chi connectivity index (χ1n) is 29.7. The summed E-state index contributed by atoms with van der Waals surface area (Å²) >= 11 is 0. The summed E-state index contributed by atoms with van der Waals surface area (Å²) in [5, 5.41) is 21.8. The first kappa shape index (κ1) is 50.8. The van der Waals surface area contributed by atoms with Gasteiger partial charge in [0.25, 0.3) is 0 Å². The van der Waals surface area contributed by atoms with E-state index in [1.807, 2.05) is 49.6 Å². The van der Waals surface area contributed by atoms with Gasteiger partial charge in [-0.25, -0.2) is 0 Å². The Balaban J connectivity index is 1.15. The molecule has 0 atom stereocenters. The summed E-state index contributed by atoms with van der Waals surface area (Å²) in [5.41, 5.74) is 20.8. The maximum atomic E-state index is 13.1. The van der Waals surface area contributed by atoms with E-state index in [4.69, 9.17) is 0 Å². The molecule has 8 aromatic heterocycles. The second-order valence-electron chi connectivity index (χ2n) is 23.8. The summed E-state index contributed by atoms with van der Waals surface area (Å²) in [5.74, 6) is 0. The lowest BCUT2D eigenvalue weighted by molar-refractivity contribution is 0.583. The minimum absolute atomic E-state index is 0.518. The summed E-state index contributed by atoms with van der Waals surface area (Å²) in [6.45, 7) is 7.04. The molecule has 0 spiro atoms. The summed E-state index contributed by atoms with van der Waals surface area (Å²) in [6, 6.07) is 81.8. The highest BCUT2D eigenvalue weighted by Gasteiger charge is 2.38. The second kappa shape index (κ2) is 19.7. The Morgan fingerprint density at radius 3 is 0.761 bits per heavy atom. The highest BCUT2D eigenvalue weighted by atomic mass is 15.1. The van der Waals surface area contributed by atoms with Gasteiger partial charge in [0.1, 0.15) is 11.6 Å². The number of fused-ring (bicyclic) bond motifs is 12. The van der Waals surface area contributed by atoms with Crippen LogP contribution in [0.2, 0.25) is 0 Å². The Labute approximate surface area is 506 Å². The molecule has 9 aromatic carbocycles. The average Bonchev–Trinajstić information content (AvgIpc) is 1.50. The fraction of sp³-hybridized carbons (Fsp3) is 0.0506. The number of pyridine rings is 4. The first-order chi connectivity index (χ1) is 43.3. The normalized spacial score (nSPS) is 12.0. The smallest absolute Gasteiger partial charge is 0.104 e. The molecule has 0 saturated carbocycles. The Morgan fingerprint density at radius 1 is 0.273 bits per heavy atom. The number of nitriles is 1. The third kappa shape index (κ3) is 7.65. The molecule has 0 amide bonds. The number of benzene rings is 9. The summed E-state index contributed by atoms with van der Waals surface area (Å²) in [6.07, 6.45) is 14.9. The Kier molecular flexibility index (Phi) is 11.3. The molecule has 88 heavy (non-hydrogen) atoms. The summed E-state index contributed by atoms with van der Waals surface area (Å²) in [4.78, 5) is 17.7. The van der Waals surface area contributed by atoms with Crippen LogP contribution in [0, 0.1) is 11.3 Å². The lowest BCUT2D eigenvalue weighted by Crippen LogP contribution is -2.24. The Hall–Kier alpha value is -11.7. The maximum Gasteiger partial charge on any atom is 0.104 e. The van der Waals surface area contributed by atoms with E-state index in [9.17, 15) is 5.26 Å². The van der Waals surface area contributed by atoms with Crippen LogP contribution in [0.1, 0.15) is 31.9 Å². The fourth-order valence-corrected chi connectivity index (χ4v) is 14.1. The molecule has 0 N–H and O–H groups in total. The van der Waals surface area contributed by atoms with Crippen molar-refractivity contribution >= 4 is 87.2 Å². The molecular formula is C79H53N9.